The van der Waals surface area contributed by atoms with E-state index in [1.165, 1.54) is 12.1 Å². The summed E-state index contributed by atoms with van der Waals surface area (Å²) < 4.78 is 5.69. The van der Waals surface area contributed by atoms with E-state index in [-0.39, 0.29) is 5.69 Å². The van der Waals surface area contributed by atoms with Crippen molar-refractivity contribution in [3.8, 4) is 5.75 Å². The zero-order chi connectivity index (χ0) is 14.5. The summed E-state index contributed by atoms with van der Waals surface area (Å²) in [5.74, 6) is 0.604. The summed E-state index contributed by atoms with van der Waals surface area (Å²) in [6.07, 6.45) is 0. The number of non-ortho nitro benzene ring substituents is 1. The van der Waals surface area contributed by atoms with E-state index < -0.39 is 4.92 Å². The maximum absolute atomic E-state index is 10.7. The van der Waals surface area contributed by atoms with Gasteiger partial charge in [-0.05, 0) is 12.1 Å². The quantitative estimate of drug-likeness (QED) is 0.442. The first-order chi connectivity index (χ1) is 9.61. The average Bonchev–Trinajstić information content (AvgIpc) is 2.46. The minimum atomic E-state index is -0.427. The highest BCUT2D eigenvalue weighted by Crippen LogP contribution is 2.27. The molecule has 0 radical (unpaired) electrons. The van der Waals surface area contributed by atoms with Crippen molar-refractivity contribution in [1.29, 1.82) is 0 Å². The van der Waals surface area contributed by atoms with E-state index in [0.29, 0.717) is 22.7 Å². The lowest BCUT2D eigenvalue weighted by atomic mass is 10.2. The van der Waals surface area contributed by atoms with Crippen molar-refractivity contribution in [1.82, 2.24) is 0 Å². The smallest absolute Gasteiger partial charge is 0.270 e. The van der Waals surface area contributed by atoms with Crippen molar-refractivity contribution in [3.05, 3.63) is 68.7 Å². The van der Waals surface area contributed by atoms with Gasteiger partial charge < -0.3 is 4.74 Å². The molecule has 20 heavy (non-hydrogen) atoms. The number of ether oxygens (including phenoxy) is 1. The number of rotatable bonds is 5. The molecular weight excluding hydrogens is 346 g/mol. The number of benzene rings is 2. The third-order valence-electron chi connectivity index (χ3n) is 2.74. The molecule has 0 fully saturated rings. The van der Waals surface area contributed by atoms with E-state index in [0.717, 1.165) is 11.1 Å². The Hall–Kier alpha value is -1.59. The Morgan fingerprint density at radius 3 is 2.60 bits per heavy atom. The zero-order valence-electron chi connectivity index (χ0n) is 10.4. The van der Waals surface area contributed by atoms with Crippen molar-refractivity contribution >= 4 is 33.2 Å². The molecular formula is C14H11BrClNO3. The third kappa shape index (κ3) is 3.49. The summed E-state index contributed by atoms with van der Waals surface area (Å²) in [4.78, 5) is 10.3. The van der Waals surface area contributed by atoms with Crippen LogP contribution in [0, 0.1) is 10.1 Å². The first-order valence-electron chi connectivity index (χ1n) is 5.81. The summed E-state index contributed by atoms with van der Waals surface area (Å²) in [6.45, 7) is 0.317. The molecule has 0 N–H and O–H groups in total. The molecule has 0 aliphatic carbocycles. The molecule has 0 saturated carbocycles. The van der Waals surface area contributed by atoms with Gasteiger partial charge >= 0.3 is 0 Å². The maximum atomic E-state index is 10.7. The fourth-order valence-electron chi connectivity index (χ4n) is 1.70. The number of hydrogen-bond donors (Lipinski definition) is 0. The molecule has 0 atom stereocenters. The van der Waals surface area contributed by atoms with E-state index in [1.807, 2.05) is 18.2 Å². The summed E-state index contributed by atoms with van der Waals surface area (Å²) in [6, 6.07) is 11.9. The van der Waals surface area contributed by atoms with Crippen LogP contribution in [-0.4, -0.2) is 4.92 Å². The van der Waals surface area contributed by atoms with Crippen LogP contribution in [-0.2, 0) is 11.9 Å². The Kier molecular flexibility index (Phi) is 4.98. The van der Waals surface area contributed by atoms with Crippen LogP contribution in [0.1, 0.15) is 11.1 Å². The summed E-state index contributed by atoms with van der Waals surface area (Å²) in [5, 5.41) is 11.8. The van der Waals surface area contributed by atoms with Gasteiger partial charge in [0.2, 0.25) is 0 Å². The predicted molar refractivity (Wildman–Crippen MR) is 81.5 cm³/mol. The van der Waals surface area contributed by atoms with Gasteiger partial charge in [-0.25, -0.2) is 0 Å². The van der Waals surface area contributed by atoms with Crippen LogP contribution >= 0.6 is 27.5 Å². The van der Waals surface area contributed by atoms with E-state index in [2.05, 4.69) is 15.9 Å². The Labute approximate surface area is 129 Å². The number of halogens is 2. The van der Waals surface area contributed by atoms with Gasteiger partial charge in [-0.3, -0.25) is 10.1 Å². The van der Waals surface area contributed by atoms with Gasteiger partial charge in [-0.2, -0.15) is 0 Å². The number of alkyl halides is 1. The van der Waals surface area contributed by atoms with Gasteiger partial charge in [0.1, 0.15) is 12.4 Å². The molecule has 2 rings (SSSR count). The molecule has 0 aliphatic rings. The van der Waals surface area contributed by atoms with Gasteiger partial charge in [-0.1, -0.05) is 45.7 Å². The van der Waals surface area contributed by atoms with Gasteiger partial charge in [0, 0.05) is 33.6 Å². The van der Waals surface area contributed by atoms with Crippen molar-refractivity contribution in [3.63, 3.8) is 0 Å². The highest BCUT2D eigenvalue weighted by Gasteiger charge is 2.11. The van der Waals surface area contributed by atoms with Crippen molar-refractivity contribution in [2.75, 3.05) is 0 Å². The first-order valence-corrected chi connectivity index (χ1v) is 7.31. The fourth-order valence-corrected chi connectivity index (χ4v) is 2.32. The Balaban J connectivity index is 2.17. The van der Waals surface area contributed by atoms with Crippen molar-refractivity contribution < 1.29 is 9.66 Å². The fraction of sp³-hybridized carbons (Fsp3) is 0.143. The molecule has 6 heteroatoms. The molecule has 0 aliphatic heterocycles. The Morgan fingerprint density at radius 2 is 1.95 bits per heavy atom. The predicted octanol–water partition coefficient (Wildman–Crippen LogP) is 4.72. The second kappa shape index (κ2) is 6.72. The molecule has 104 valence electrons. The Bertz CT molecular complexity index is 634. The lowest BCUT2D eigenvalue weighted by Gasteiger charge is -2.10. The van der Waals surface area contributed by atoms with Crippen LogP contribution in [0.25, 0.3) is 0 Å². The molecule has 0 spiro atoms. The highest BCUT2D eigenvalue weighted by atomic mass is 79.9. The standard InChI is InChI=1S/C14H11BrClNO3/c15-8-11-7-12(17(18)19)5-6-14(11)20-9-10-3-1-2-4-13(10)16/h1-7H,8-9H2. The highest BCUT2D eigenvalue weighted by molar-refractivity contribution is 9.08. The number of nitro benzene ring substituents is 1. The largest absolute Gasteiger partial charge is 0.489 e. The summed E-state index contributed by atoms with van der Waals surface area (Å²) >= 11 is 9.36. The summed E-state index contributed by atoms with van der Waals surface area (Å²) in [7, 11) is 0. The first kappa shape index (κ1) is 14.8. The second-order valence-electron chi connectivity index (χ2n) is 4.06. The van der Waals surface area contributed by atoms with E-state index in [9.17, 15) is 10.1 Å². The minimum absolute atomic E-state index is 0.0459. The van der Waals surface area contributed by atoms with E-state index >= 15 is 0 Å². The molecule has 0 amide bonds. The molecule has 2 aromatic rings. The molecule has 0 saturated heterocycles. The molecule has 0 heterocycles. The normalized spacial score (nSPS) is 10.3. The maximum Gasteiger partial charge on any atom is 0.270 e. The van der Waals surface area contributed by atoms with Crippen LogP contribution < -0.4 is 4.74 Å². The monoisotopic (exact) mass is 355 g/mol. The number of hydrogen-bond acceptors (Lipinski definition) is 3. The molecule has 0 unspecified atom stereocenters. The van der Waals surface area contributed by atoms with Crippen LogP contribution in [0.5, 0.6) is 5.75 Å². The third-order valence-corrected chi connectivity index (χ3v) is 3.71. The van der Waals surface area contributed by atoms with Gasteiger partial charge in [0.15, 0.2) is 0 Å². The van der Waals surface area contributed by atoms with Crippen LogP contribution in [0.2, 0.25) is 5.02 Å². The SMILES string of the molecule is O=[N+]([O-])c1ccc(OCc2ccccc2Cl)c(CBr)c1. The lowest BCUT2D eigenvalue weighted by Crippen LogP contribution is -1.99. The lowest BCUT2D eigenvalue weighted by molar-refractivity contribution is -0.384. The second-order valence-corrected chi connectivity index (χ2v) is 5.03. The molecule has 0 aromatic heterocycles. The van der Waals surface area contributed by atoms with E-state index in [1.54, 1.807) is 12.1 Å². The zero-order valence-corrected chi connectivity index (χ0v) is 12.7. The van der Waals surface area contributed by atoms with Gasteiger partial charge in [0.25, 0.3) is 5.69 Å². The minimum Gasteiger partial charge on any atom is -0.489 e. The van der Waals surface area contributed by atoms with Gasteiger partial charge in [-0.15, -0.1) is 0 Å². The molecule has 2 aromatic carbocycles. The average molecular weight is 357 g/mol. The molecule has 4 nitrogen and oxygen atoms in total. The number of nitro groups is 1. The number of nitrogens with zero attached hydrogens (tertiary/aromatic N) is 1. The van der Waals surface area contributed by atoms with Crippen LogP contribution in [0.4, 0.5) is 5.69 Å². The van der Waals surface area contributed by atoms with Crippen molar-refractivity contribution in [2.45, 2.75) is 11.9 Å². The molecule has 0 bridgehead atoms. The van der Waals surface area contributed by atoms with Crippen LogP contribution in [0.15, 0.2) is 42.5 Å². The Morgan fingerprint density at radius 1 is 1.20 bits per heavy atom. The van der Waals surface area contributed by atoms with Crippen molar-refractivity contribution in [2.24, 2.45) is 0 Å². The van der Waals surface area contributed by atoms with Gasteiger partial charge in [0.05, 0.1) is 4.92 Å². The van der Waals surface area contributed by atoms with Crippen LogP contribution in [0.3, 0.4) is 0 Å². The van der Waals surface area contributed by atoms with E-state index in [4.69, 9.17) is 16.3 Å². The topological polar surface area (TPSA) is 52.4 Å². The summed E-state index contributed by atoms with van der Waals surface area (Å²) in [5.41, 5.74) is 1.64.